The van der Waals surface area contributed by atoms with Crippen LogP contribution >= 0.6 is 23.2 Å². The first-order chi connectivity index (χ1) is 8.77. The minimum atomic E-state index is 0.697. The number of halogens is 2. The summed E-state index contributed by atoms with van der Waals surface area (Å²) >= 11 is 12.2. The second-order valence-corrected chi connectivity index (χ2v) is 4.85. The largest absolute Gasteiger partial charge is 0.337 e. The summed E-state index contributed by atoms with van der Waals surface area (Å²) in [5.74, 6) is 0. The number of hydrogen-bond acceptors (Lipinski definition) is 2. The van der Waals surface area contributed by atoms with Gasteiger partial charge in [-0.15, -0.1) is 0 Å². The molecule has 1 aromatic heterocycles. The molecule has 0 unspecified atom stereocenters. The number of hydrogen-bond donors (Lipinski definition) is 1. The first-order valence-corrected chi connectivity index (χ1v) is 6.62. The van der Waals surface area contributed by atoms with E-state index in [9.17, 15) is 0 Å². The van der Waals surface area contributed by atoms with Crippen molar-refractivity contribution in [3.05, 3.63) is 52.5 Å². The van der Waals surface area contributed by atoms with Crippen LogP contribution in [0.3, 0.4) is 0 Å². The van der Waals surface area contributed by atoms with Gasteiger partial charge in [0.25, 0.3) is 0 Å². The van der Waals surface area contributed by atoms with E-state index in [4.69, 9.17) is 23.2 Å². The van der Waals surface area contributed by atoms with Crippen molar-refractivity contribution in [3.63, 3.8) is 0 Å². The molecule has 1 N–H and O–H groups in total. The van der Waals surface area contributed by atoms with Crippen molar-refractivity contribution >= 4 is 23.2 Å². The maximum absolute atomic E-state index is 6.09. The highest BCUT2D eigenvalue weighted by molar-refractivity contribution is 6.35. The molecule has 0 atom stereocenters. The van der Waals surface area contributed by atoms with Crippen LogP contribution in [0.2, 0.25) is 10.0 Å². The van der Waals surface area contributed by atoms with E-state index in [1.54, 1.807) is 6.20 Å². The summed E-state index contributed by atoms with van der Waals surface area (Å²) in [4.78, 5) is 4.00. The van der Waals surface area contributed by atoms with Crippen LogP contribution in [-0.4, -0.2) is 16.1 Å². The van der Waals surface area contributed by atoms with Crippen molar-refractivity contribution in [2.45, 2.75) is 19.5 Å². The molecule has 0 saturated carbocycles. The average molecular weight is 284 g/mol. The molecule has 3 nitrogen and oxygen atoms in total. The van der Waals surface area contributed by atoms with Gasteiger partial charge in [0.2, 0.25) is 0 Å². The number of imidazole rings is 1. The molecule has 0 radical (unpaired) electrons. The van der Waals surface area contributed by atoms with Crippen molar-refractivity contribution in [1.29, 1.82) is 0 Å². The Bertz CT molecular complexity index is 463. The molecular weight excluding hydrogens is 269 g/mol. The summed E-state index contributed by atoms with van der Waals surface area (Å²) in [7, 11) is 0. The second kappa shape index (κ2) is 6.78. The van der Waals surface area contributed by atoms with Gasteiger partial charge >= 0.3 is 0 Å². The van der Waals surface area contributed by atoms with Gasteiger partial charge in [0.05, 0.1) is 6.33 Å². The van der Waals surface area contributed by atoms with Gasteiger partial charge in [0.15, 0.2) is 0 Å². The van der Waals surface area contributed by atoms with E-state index in [0.29, 0.717) is 16.6 Å². The second-order valence-electron chi connectivity index (χ2n) is 4.03. The summed E-state index contributed by atoms with van der Waals surface area (Å²) in [6, 6.07) is 5.57. The predicted octanol–water partition coefficient (Wildman–Crippen LogP) is 3.37. The third kappa shape index (κ3) is 3.73. The molecule has 0 saturated heterocycles. The van der Waals surface area contributed by atoms with E-state index in [2.05, 4.69) is 14.9 Å². The molecule has 0 bridgehead atoms. The zero-order valence-corrected chi connectivity index (χ0v) is 11.5. The lowest BCUT2D eigenvalue weighted by Crippen LogP contribution is -2.16. The van der Waals surface area contributed by atoms with Crippen LogP contribution in [0.5, 0.6) is 0 Å². The maximum atomic E-state index is 6.09. The fourth-order valence-electron chi connectivity index (χ4n) is 1.72. The Labute approximate surface area is 117 Å². The Morgan fingerprint density at radius 3 is 2.67 bits per heavy atom. The molecule has 2 rings (SSSR count). The van der Waals surface area contributed by atoms with Gasteiger partial charge in [-0.1, -0.05) is 29.3 Å². The topological polar surface area (TPSA) is 29.9 Å². The quantitative estimate of drug-likeness (QED) is 0.824. The van der Waals surface area contributed by atoms with Gasteiger partial charge in [0.1, 0.15) is 0 Å². The van der Waals surface area contributed by atoms with Crippen molar-refractivity contribution in [1.82, 2.24) is 14.9 Å². The van der Waals surface area contributed by atoms with Crippen LogP contribution in [0.4, 0.5) is 0 Å². The Balaban J connectivity index is 1.72. The van der Waals surface area contributed by atoms with Gasteiger partial charge in [0, 0.05) is 41.1 Å². The smallest absolute Gasteiger partial charge is 0.0945 e. The molecule has 1 aromatic carbocycles. The number of rotatable bonds is 6. The van der Waals surface area contributed by atoms with E-state index in [1.807, 2.05) is 30.7 Å². The van der Waals surface area contributed by atoms with Crippen molar-refractivity contribution in [2.24, 2.45) is 0 Å². The lowest BCUT2D eigenvalue weighted by molar-refractivity contribution is 0.581. The highest BCUT2D eigenvalue weighted by Crippen LogP contribution is 2.23. The lowest BCUT2D eigenvalue weighted by Gasteiger charge is -2.08. The minimum Gasteiger partial charge on any atom is -0.337 e. The fourth-order valence-corrected chi connectivity index (χ4v) is 2.25. The molecule has 0 aliphatic rings. The Kier molecular flexibility index (Phi) is 5.05. The van der Waals surface area contributed by atoms with Crippen LogP contribution in [0.15, 0.2) is 36.9 Å². The van der Waals surface area contributed by atoms with Gasteiger partial charge < -0.3 is 9.88 Å². The zero-order chi connectivity index (χ0) is 12.8. The van der Waals surface area contributed by atoms with E-state index in [-0.39, 0.29) is 0 Å². The monoisotopic (exact) mass is 283 g/mol. The van der Waals surface area contributed by atoms with Gasteiger partial charge in [-0.25, -0.2) is 4.98 Å². The highest BCUT2D eigenvalue weighted by atomic mass is 35.5. The molecule has 0 aliphatic heterocycles. The molecule has 0 amide bonds. The van der Waals surface area contributed by atoms with Crippen LogP contribution in [0.1, 0.15) is 12.0 Å². The Morgan fingerprint density at radius 1 is 1.22 bits per heavy atom. The molecule has 2 aromatic rings. The predicted molar refractivity (Wildman–Crippen MR) is 75.0 cm³/mol. The molecule has 0 aliphatic carbocycles. The van der Waals surface area contributed by atoms with E-state index in [0.717, 1.165) is 25.1 Å². The Morgan fingerprint density at radius 2 is 2.00 bits per heavy atom. The summed E-state index contributed by atoms with van der Waals surface area (Å²) in [6.07, 6.45) is 6.62. The first kappa shape index (κ1) is 13.4. The number of benzene rings is 1. The molecule has 0 spiro atoms. The van der Waals surface area contributed by atoms with Crippen LogP contribution < -0.4 is 5.32 Å². The van der Waals surface area contributed by atoms with E-state index < -0.39 is 0 Å². The third-order valence-electron chi connectivity index (χ3n) is 2.69. The van der Waals surface area contributed by atoms with E-state index >= 15 is 0 Å². The van der Waals surface area contributed by atoms with Crippen LogP contribution in [-0.2, 0) is 13.1 Å². The number of aryl methyl sites for hydroxylation is 1. The summed E-state index contributed by atoms with van der Waals surface area (Å²) < 4.78 is 2.06. The SMILES string of the molecule is Clc1cccc(Cl)c1CNCCCn1ccnc1. The molecule has 96 valence electrons. The minimum absolute atomic E-state index is 0.697. The highest BCUT2D eigenvalue weighted by Gasteiger charge is 2.04. The lowest BCUT2D eigenvalue weighted by atomic mass is 10.2. The van der Waals surface area contributed by atoms with Crippen LogP contribution in [0, 0.1) is 0 Å². The average Bonchev–Trinajstić information content (AvgIpc) is 2.85. The van der Waals surface area contributed by atoms with Crippen molar-refractivity contribution in [2.75, 3.05) is 6.54 Å². The van der Waals surface area contributed by atoms with Crippen molar-refractivity contribution in [3.8, 4) is 0 Å². The summed E-state index contributed by atoms with van der Waals surface area (Å²) in [6.45, 7) is 2.57. The molecule has 5 heteroatoms. The molecule has 0 fully saturated rings. The third-order valence-corrected chi connectivity index (χ3v) is 3.40. The number of aromatic nitrogens is 2. The molecule has 18 heavy (non-hydrogen) atoms. The zero-order valence-electron chi connectivity index (χ0n) is 9.94. The summed E-state index contributed by atoms with van der Waals surface area (Å²) in [5, 5.41) is 4.77. The fraction of sp³-hybridized carbons (Fsp3) is 0.308. The summed E-state index contributed by atoms with van der Waals surface area (Å²) in [5.41, 5.74) is 0.962. The van der Waals surface area contributed by atoms with E-state index in [1.165, 1.54) is 0 Å². The number of nitrogens with zero attached hydrogens (tertiary/aromatic N) is 2. The van der Waals surface area contributed by atoms with Gasteiger partial charge in [-0.2, -0.15) is 0 Å². The normalized spacial score (nSPS) is 10.8. The van der Waals surface area contributed by atoms with Gasteiger partial charge in [-0.3, -0.25) is 0 Å². The van der Waals surface area contributed by atoms with Crippen LogP contribution in [0.25, 0.3) is 0 Å². The number of nitrogens with one attached hydrogen (secondary N) is 1. The van der Waals surface area contributed by atoms with Gasteiger partial charge in [-0.05, 0) is 25.1 Å². The standard InChI is InChI=1S/C13H15Cl2N3/c14-12-3-1-4-13(15)11(12)9-16-5-2-7-18-8-6-17-10-18/h1,3-4,6,8,10,16H,2,5,7,9H2. The maximum Gasteiger partial charge on any atom is 0.0945 e. The van der Waals surface area contributed by atoms with Crippen molar-refractivity contribution < 1.29 is 0 Å². The molecular formula is C13H15Cl2N3. The molecule has 1 heterocycles. The Hall–Kier alpha value is -1.03. The first-order valence-electron chi connectivity index (χ1n) is 5.86.